The Kier molecular flexibility index (Phi) is 7.32. The molecule has 0 saturated heterocycles. The molecule has 2 fully saturated rings. The largest absolute Gasteiger partial charge is 0.396 e. The Morgan fingerprint density at radius 2 is 1.94 bits per heavy atom. The summed E-state index contributed by atoms with van der Waals surface area (Å²) in [5.41, 5.74) is 2.14. The molecule has 33 heavy (non-hydrogen) atoms. The van der Waals surface area contributed by atoms with Crippen LogP contribution in [0.1, 0.15) is 105 Å². The number of benzene rings is 1. The van der Waals surface area contributed by atoms with Gasteiger partial charge >= 0.3 is 0 Å². The number of rotatable bonds is 11. The molecule has 0 spiro atoms. The minimum Gasteiger partial charge on any atom is -0.396 e. The second-order valence-electron chi connectivity index (χ2n) is 10.9. The highest BCUT2D eigenvalue weighted by molar-refractivity contribution is 5.82. The molecule has 1 N–H and O–H groups in total. The minimum atomic E-state index is -0.316. The summed E-state index contributed by atoms with van der Waals surface area (Å²) in [7, 11) is 0. The van der Waals surface area contributed by atoms with Crippen molar-refractivity contribution in [2.24, 2.45) is 11.8 Å². The number of hydrogen-bond acceptors (Lipinski definition) is 4. The molecule has 0 aliphatic heterocycles. The van der Waals surface area contributed by atoms with Crippen molar-refractivity contribution in [3.8, 4) is 0 Å². The molecule has 180 valence electrons. The molecule has 4 rings (SSSR count). The number of carbonyl (C=O) groups is 1. The maximum absolute atomic E-state index is 14.5. The molecule has 2 aliphatic carbocycles. The zero-order valence-electron chi connectivity index (χ0n) is 20.5. The van der Waals surface area contributed by atoms with E-state index < -0.39 is 0 Å². The first-order valence-corrected chi connectivity index (χ1v) is 12.6. The molecule has 2 aliphatic rings. The Morgan fingerprint density at radius 3 is 2.55 bits per heavy atom. The van der Waals surface area contributed by atoms with Crippen molar-refractivity contribution in [1.29, 1.82) is 0 Å². The molecular weight excluding hydrogens is 417 g/mol. The molecular formula is C27H38FN3O2. The van der Waals surface area contributed by atoms with E-state index in [9.17, 15) is 14.3 Å². The van der Waals surface area contributed by atoms with Crippen LogP contribution in [0, 0.1) is 31.5 Å². The molecule has 0 unspecified atom stereocenters. The maximum Gasteiger partial charge on any atom is 0.138 e. The van der Waals surface area contributed by atoms with Gasteiger partial charge in [-0.1, -0.05) is 19.9 Å². The average molecular weight is 456 g/mol. The van der Waals surface area contributed by atoms with Crippen molar-refractivity contribution in [3.63, 3.8) is 0 Å². The number of aromatic nitrogens is 3. The van der Waals surface area contributed by atoms with Crippen LogP contribution in [0.25, 0.3) is 0 Å². The Balaban J connectivity index is 1.50. The van der Waals surface area contributed by atoms with E-state index in [0.717, 1.165) is 47.5 Å². The molecule has 1 heterocycles. The van der Waals surface area contributed by atoms with Crippen LogP contribution in [0.5, 0.6) is 0 Å². The number of aliphatic hydroxyl groups is 1. The lowest BCUT2D eigenvalue weighted by Crippen LogP contribution is -2.26. The third kappa shape index (κ3) is 5.53. The van der Waals surface area contributed by atoms with Gasteiger partial charge in [-0.2, -0.15) is 0 Å². The van der Waals surface area contributed by atoms with Gasteiger partial charge in [0.1, 0.15) is 23.2 Å². The van der Waals surface area contributed by atoms with E-state index >= 15 is 0 Å². The van der Waals surface area contributed by atoms with Crippen LogP contribution >= 0.6 is 0 Å². The fraction of sp³-hybridized carbons (Fsp3) is 0.667. The van der Waals surface area contributed by atoms with E-state index in [1.54, 1.807) is 0 Å². The Labute approximate surface area is 196 Å². The molecule has 2 aromatic rings. The highest BCUT2D eigenvalue weighted by Gasteiger charge is 2.39. The van der Waals surface area contributed by atoms with E-state index in [0.29, 0.717) is 23.9 Å². The molecule has 0 bridgehead atoms. The molecule has 0 radical (unpaired) electrons. The van der Waals surface area contributed by atoms with Crippen molar-refractivity contribution in [1.82, 2.24) is 14.8 Å². The van der Waals surface area contributed by atoms with Gasteiger partial charge in [-0.3, -0.25) is 4.79 Å². The number of halogens is 1. The molecule has 1 aromatic heterocycles. The number of nitrogens with zero attached hydrogens (tertiary/aromatic N) is 3. The van der Waals surface area contributed by atoms with Gasteiger partial charge in [-0.15, -0.1) is 10.2 Å². The number of carbonyl (C=O) groups excluding carboxylic acids is 1. The predicted molar refractivity (Wildman–Crippen MR) is 127 cm³/mol. The number of aryl methyl sites for hydroxylation is 2. The van der Waals surface area contributed by atoms with Crippen molar-refractivity contribution in [2.45, 2.75) is 96.9 Å². The fourth-order valence-electron chi connectivity index (χ4n) is 5.58. The minimum absolute atomic E-state index is 0.0113. The second-order valence-corrected chi connectivity index (χ2v) is 10.9. The molecule has 0 amide bonds. The van der Waals surface area contributed by atoms with Gasteiger partial charge in [-0.05, 0) is 87.0 Å². The zero-order chi connectivity index (χ0) is 23.7. The van der Waals surface area contributed by atoms with Crippen LogP contribution in [-0.4, -0.2) is 32.3 Å². The summed E-state index contributed by atoms with van der Waals surface area (Å²) in [5, 5.41) is 18.9. The molecule has 1 atom stereocenters. The second kappa shape index (κ2) is 10.0. The molecule has 5 nitrogen and oxygen atoms in total. The van der Waals surface area contributed by atoms with E-state index in [2.05, 4.69) is 28.6 Å². The third-order valence-corrected chi connectivity index (χ3v) is 7.32. The van der Waals surface area contributed by atoms with E-state index in [1.165, 1.54) is 25.3 Å². The summed E-state index contributed by atoms with van der Waals surface area (Å²) >= 11 is 0. The Morgan fingerprint density at radius 1 is 1.21 bits per heavy atom. The highest BCUT2D eigenvalue weighted by atomic mass is 19.1. The summed E-state index contributed by atoms with van der Waals surface area (Å²) in [4.78, 5) is 13.0. The van der Waals surface area contributed by atoms with Gasteiger partial charge in [0.2, 0.25) is 0 Å². The van der Waals surface area contributed by atoms with Crippen LogP contribution in [0.15, 0.2) is 12.1 Å². The van der Waals surface area contributed by atoms with Crippen molar-refractivity contribution >= 4 is 5.78 Å². The molecule has 6 heteroatoms. The fourth-order valence-corrected chi connectivity index (χ4v) is 5.58. The summed E-state index contributed by atoms with van der Waals surface area (Å²) in [6, 6.07) is 3.82. The number of Topliss-reactive ketones (excluding diaryl/α,β-unsaturated/α-hetero) is 1. The third-order valence-electron chi connectivity index (χ3n) is 7.32. The van der Waals surface area contributed by atoms with Gasteiger partial charge in [0.15, 0.2) is 0 Å². The Hall–Kier alpha value is -2.08. The molecule has 2 saturated carbocycles. The first-order chi connectivity index (χ1) is 15.8. The standard InChI is InChI=1S/C27H38FN3O2/c1-16(2)9-19-12-21(13-19)27-30-29-26(31(27)22-5-6-22)20(7-8-32)14-23(33)15-24-18(4)10-17(3)11-25(24)28/h10-11,16,19-22,32H,5-9,12-15H2,1-4H3/t19?,20-,21?/m0/s1. The normalized spacial score (nSPS) is 21.3. The van der Waals surface area contributed by atoms with Gasteiger partial charge in [0, 0.05) is 37.3 Å². The monoisotopic (exact) mass is 455 g/mol. The zero-order valence-corrected chi connectivity index (χ0v) is 20.5. The lowest BCUT2D eigenvalue weighted by molar-refractivity contribution is -0.119. The quantitative estimate of drug-likeness (QED) is 0.480. The van der Waals surface area contributed by atoms with Gasteiger partial charge in [-0.25, -0.2) is 4.39 Å². The van der Waals surface area contributed by atoms with Gasteiger partial charge < -0.3 is 9.67 Å². The van der Waals surface area contributed by atoms with Crippen molar-refractivity contribution < 1.29 is 14.3 Å². The number of ketones is 1. The Bertz CT molecular complexity index is 966. The lowest BCUT2D eigenvalue weighted by Gasteiger charge is -2.36. The maximum atomic E-state index is 14.5. The summed E-state index contributed by atoms with van der Waals surface area (Å²) in [5.74, 6) is 3.32. The predicted octanol–water partition coefficient (Wildman–Crippen LogP) is 5.58. The first kappa shape index (κ1) is 24.1. The summed E-state index contributed by atoms with van der Waals surface area (Å²) in [6.45, 7) is 8.25. The van der Waals surface area contributed by atoms with Crippen molar-refractivity contribution in [3.05, 3.63) is 46.3 Å². The first-order valence-electron chi connectivity index (χ1n) is 12.6. The average Bonchev–Trinajstić information content (AvgIpc) is 3.45. The van der Waals surface area contributed by atoms with Crippen molar-refractivity contribution in [2.75, 3.05) is 6.61 Å². The lowest BCUT2D eigenvalue weighted by atomic mass is 9.71. The van der Waals surface area contributed by atoms with E-state index in [-0.39, 0.29) is 37.0 Å². The summed E-state index contributed by atoms with van der Waals surface area (Å²) < 4.78 is 16.8. The van der Waals surface area contributed by atoms with Gasteiger partial charge in [0.05, 0.1) is 0 Å². The van der Waals surface area contributed by atoms with E-state index in [4.69, 9.17) is 0 Å². The van der Waals surface area contributed by atoms with Crippen LogP contribution in [-0.2, 0) is 11.2 Å². The summed E-state index contributed by atoms with van der Waals surface area (Å²) in [6.07, 6.45) is 6.62. The van der Waals surface area contributed by atoms with Gasteiger partial charge in [0.25, 0.3) is 0 Å². The number of hydrogen-bond donors (Lipinski definition) is 1. The van der Waals surface area contributed by atoms with E-state index in [1.807, 2.05) is 19.9 Å². The van der Waals surface area contributed by atoms with Crippen LogP contribution in [0.4, 0.5) is 4.39 Å². The van der Waals surface area contributed by atoms with Crippen LogP contribution in [0.2, 0.25) is 0 Å². The SMILES string of the molecule is Cc1cc(C)c(CC(=O)C[C@H](CCO)c2nnc(C3CC(CC(C)C)C3)n2C2CC2)c(F)c1. The highest BCUT2D eigenvalue weighted by Crippen LogP contribution is 2.48. The number of aliphatic hydroxyl groups excluding tert-OH is 1. The van der Waals surface area contributed by atoms with Crippen LogP contribution in [0.3, 0.4) is 0 Å². The van der Waals surface area contributed by atoms with Crippen LogP contribution < -0.4 is 0 Å². The topological polar surface area (TPSA) is 68.0 Å². The molecule has 1 aromatic carbocycles. The smallest absolute Gasteiger partial charge is 0.138 e.